The predicted octanol–water partition coefficient (Wildman–Crippen LogP) is 11.9. The molecule has 406 valence electrons. The highest BCUT2D eigenvalue weighted by Crippen LogP contribution is 2.26. The second kappa shape index (κ2) is 44.7. The van der Waals surface area contributed by atoms with Gasteiger partial charge in [0.2, 0.25) is 5.91 Å². The highest BCUT2D eigenvalue weighted by Gasteiger charge is 2.48. The topological polar surface area (TPSA) is 212 Å². The lowest BCUT2D eigenvalue weighted by Gasteiger charge is -2.41. The van der Waals surface area contributed by atoms with Crippen molar-refractivity contribution >= 4 is 16.3 Å². The van der Waals surface area contributed by atoms with Gasteiger partial charge in [-0.05, 0) is 12.8 Å². The van der Waals surface area contributed by atoms with E-state index < -0.39 is 78.5 Å². The molecule has 0 bridgehead atoms. The Kier molecular flexibility index (Phi) is 42.8. The molecule has 1 aliphatic heterocycles. The van der Waals surface area contributed by atoms with Crippen LogP contribution >= 0.6 is 0 Å². The first-order chi connectivity index (χ1) is 32.9. The van der Waals surface area contributed by atoms with E-state index in [2.05, 4.69) is 23.3 Å². The summed E-state index contributed by atoms with van der Waals surface area (Å²) in [6.45, 7) is 3.34. The van der Waals surface area contributed by atoms with E-state index in [1.54, 1.807) is 0 Å². The van der Waals surface area contributed by atoms with E-state index in [1.165, 1.54) is 199 Å². The van der Waals surface area contributed by atoms with Crippen molar-refractivity contribution in [1.29, 1.82) is 0 Å². The lowest BCUT2D eigenvalue weighted by Crippen LogP contribution is -2.61. The third-order valence-corrected chi connectivity index (χ3v) is 14.5. The average molecular weight is 995 g/mol. The van der Waals surface area contributed by atoms with E-state index in [-0.39, 0.29) is 6.42 Å². The fourth-order valence-electron chi connectivity index (χ4n) is 9.53. The summed E-state index contributed by atoms with van der Waals surface area (Å²) in [6.07, 6.45) is 38.5. The van der Waals surface area contributed by atoms with Crippen LogP contribution in [0.1, 0.15) is 277 Å². The molecule has 14 heteroatoms. The number of aliphatic hydroxyl groups is 5. The van der Waals surface area contributed by atoms with Crippen molar-refractivity contribution in [3.8, 4) is 0 Å². The summed E-state index contributed by atoms with van der Waals surface area (Å²) < 4.78 is 47.8. The number of hydrogen-bond donors (Lipinski definition) is 7. The number of carbonyl (C=O) groups is 1. The third-order valence-electron chi connectivity index (χ3n) is 14.0. The van der Waals surface area contributed by atoms with Gasteiger partial charge < -0.3 is 40.3 Å². The van der Waals surface area contributed by atoms with Crippen molar-refractivity contribution < 1.29 is 57.0 Å². The zero-order chi connectivity index (χ0) is 49.9. The first kappa shape index (κ1) is 65.1. The molecule has 0 aliphatic carbocycles. The largest absolute Gasteiger partial charge is 0.397 e. The molecule has 68 heavy (non-hydrogen) atoms. The van der Waals surface area contributed by atoms with E-state index in [0.717, 1.165) is 38.5 Å². The molecule has 0 aromatic heterocycles. The molecular formula is C54H107NO12S. The van der Waals surface area contributed by atoms with Crippen molar-refractivity contribution in [1.82, 2.24) is 5.32 Å². The number of amides is 1. The van der Waals surface area contributed by atoms with E-state index >= 15 is 0 Å². The smallest absolute Gasteiger partial charge is 0.394 e. The minimum Gasteiger partial charge on any atom is -0.394 e. The molecule has 1 rings (SSSR count). The Balaban J connectivity index is 2.42. The van der Waals surface area contributed by atoms with Crippen molar-refractivity contribution in [2.75, 3.05) is 13.2 Å². The predicted molar refractivity (Wildman–Crippen MR) is 275 cm³/mol. The van der Waals surface area contributed by atoms with Gasteiger partial charge in [-0.15, -0.1) is 0 Å². The van der Waals surface area contributed by atoms with E-state index in [4.69, 9.17) is 9.47 Å². The fourth-order valence-corrected chi connectivity index (χ4v) is 10.0. The van der Waals surface area contributed by atoms with Crippen LogP contribution in [0.2, 0.25) is 0 Å². The Morgan fingerprint density at radius 3 is 1.18 bits per heavy atom. The summed E-state index contributed by atoms with van der Waals surface area (Å²) >= 11 is 0. The fraction of sp³-hybridized carbons (Fsp3) is 0.981. The minimum atomic E-state index is -5.11. The third kappa shape index (κ3) is 36.0. The van der Waals surface area contributed by atoms with E-state index in [9.17, 15) is 43.3 Å². The maximum Gasteiger partial charge on any atom is 0.397 e. The quantitative estimate of drug-likeness (QED) is 0.0224. The second-order valence-corrected chi connectivity index (χ2v) is 21.4. The zero-order valence-electron chi connectivity index (χ0n) is 43.6. The van der Waals surface area contributed by atoms with Crippen molar-refractivity contribution in [2.24, 2.45) is 0 Å². The monoisotopic (exact) mass is 994 g/mol. The standard InChI is InChI=1S/C54H107NO12S/c1-3-5-7-9-11-13-15-17-19-21-23-24-25-27-28-30-32-34-36-38-40-42-47(57)46(45-65-54-51(60)52(67-68(62,63)64)50(59)49(44-56)66-54)55-53(61)48(58)43-41-39-37-35-33-31-29-26-22-20-18-16-14-12-10-8-6-4-2/h46-52,54,56-60H,3-45H2,1-2H3,(H,55,61)(H,62,63,64). The van der Waals surface area contributed by atoms with Crippen LogP contribution in [-0.2, 0) is 28.9 Å². The molecule has 1 heterocycles. The molecule has 0 spiro atoms. The number of unbranched alkanes of at least 4 members (excludes halogenated alkanes) is 37. The number of rotatable bonds is 50. The number of ether oxygens (including phenoxy) is 2. The van der Waals surface area contributed by atoms with Crippen molar-refractivity contribution in [3.05, 3.63) is 0 Å². The van der Waals surface area contributed by atoms with Crippen LogP contribution in [0.3, 0.4) is 0 Å². The van der Waals surface area contributed by atoms with Crippen LogP contribution in [0.4, 0.5) is 0 Å². The van der Waals surface area contributed by atoms with Gasteiger partial charge in [0.1, 0.15) is 30.5 Å². The number of carbonyl (C=O) groups excluding carboxylic acids is 1. The van der Waals surface area contributed by atoms with Crippen molar-refractivity contribution in [2.45, 2.75) is 326 Å². The van der Waals surface area contributed by atoms with Gasteiger partial charge in [0.15, 0.2) is 6.29 Å². The first-order valence-corrected chi connectivity index (χ1v) is 29.9. The van der Waals surface area contributed by atoms with Crippen LogP contribution in [0.25, 0.3) is 0 Å². The summed E-state index contributed by atoms with van der Waals surface area (Å²) in [5.41, 5.74) is 0. The molecule has 7 N–H and O–H groups in total. The Morgan fingerprint density at radius 1 is 0.529 bits per heavy atom. The lowest BCUT2D eigenvalue weighted by atomic mass is 9.99. The zero-order valence-corrected chi connectivity index (χ0v) is 44.4. The number of nitrogens with one attached hydrogen (secondary N) is 1. The molecule has 1 fully saturated rings. The lowest BCUT2D eigenvalue weighted by molar-refractivity contribution is -0.298. The van der Waals surface area contributed by atoms with Crippen LogP contribution < -0.4 is 5.32 Å². The normalized spacial score (nSPS) is 20.1. The van der Waals surface area contributed by atoms with E-state index in [0.29, 0.717) is 19.3 Å². The highest BCUT2D eigenvalue weighted by atomic mass is 32.3. The first-order valence-electron chi connectivity index (χ1n) is 28.5. The van der Waals surface area contributed by atoms with Crippen molar-refractivity contribution in [3.63, 3.8) is 0 Å². The molecule has 13 nitrogen and oxygen atoms in total. The Morgan fingerprint density at radius 2 is 0.853 bits per heavy atom. The molecular weight excluding hydrogens is 887 g/mol. The maximum atomic E-state index is 13.2. The molecule has 0 aromatic rings. The van der Waals surface area contributed by atoms with Gasteiger partial charge >= 0.3 is 10.4 Å². The average Bonchev–Trinajstić information content (AvgIpc) is 3.31. The van der Waals surface area contributed by atoms with Gasteiger partial charge in [-0.2, -0.15) is 8.42 Å². The van der Waals surface area contributed by atoms with Gasteiger partial charge in [0, 0.05) is 0 Å². The molecule has 8 atom stereocenters. The molecule has 1 saturated heterocycles. The van der Waals surface area contributed by atoms with Gasteiger partial charge in [0.05, 0.1) is 25.4 Å². The number of aliphatic hydroxyl groups excluding tert-OH is 5. The highest BCUT2D eigenvalue weighted by molar-refractivity contribution is 7.80. The Labute approximate surface area is 416 Å². The van der Waals surface area contributed by atoms with Crippen LogP contribution in [0, 0.1) is 0 Å². The summed E-state index contributed by atoms with van der Waals surface area (Å²) in [4.78, 5) is 13.2. The summed E-state index contributed by atoms with van der Waals surface area (Å²) in [5.74, 6) is -0.662. The summed E-state index contributed by atoms with van der Waals surface area (Å²) in [6, 6.07) is -1.03. The molecule has 8 unspecified atom stereocenters. The Hall–Kier alpha value is -0.940. The molecule has 0 aromatic carbocycles. The van der Waals surface area contributed by atoms with E-state index in [1.807, 2.05) is 0 Å². The van der Waals surface area contributed by atoms with Gasteiger partial charge in [-0.3, -0.25) is 9.35 Å². The second-order valence-electron chi connectivity index (χ2n) is 20.4. The molecule has 0 saturated carbocycles. The minimum absolute atomic E-state index is 0.267. The van der Waals surface area contributed by atoms with Gasteiger partial charge in [0.25, 0.3) is 0 Å². The molecule has 0 radical (unpaired) electrons. The summed E-state index contributed by atoms with van der Waals surface area (Å²) in [7, 11) is -5.11. The van der Waals surface area contributed by atoms with Crippen LogP contribution in [0.5, 0.6) is 0 Å². The molecule has 1 amide bonds. The maximum absolute atomic E-state index is 13.2. The van der Waals surface area contributed by atoms with Gasteiger partial charge in [-0.1, -0.05) is 264 Å². The summed E-state index contributed by atoms with van der Waals surface area (Å²) in [5, 5.41) is 55.7. The number of hydrogen-bond acceptors (Lipinski definition) is 11. The molecule has 1 aliphatic rings. The SMILES string of the molecule is CCCCCCCCCCCCCCCCCCCCCCCC(O)C(COC1OC(CO)C(O)C(OS(=O)(=O)O)C1O)NC(=O)C(O)CCCCCCCCCCCCCCCCCCCC. The van der Waals surface area contributed by atoms with Gasteiger partial charge in [-0.25, -0.2) is 4.18 Å². The Bertz CT molecular complexity index is 1230. The van der Waals surface area contributed by atoms with Crippen LogP contribution in [0.15, 0.2) is 0 Å². The van der Waals surface area contributed by atoms with Crippen LogP contribution in [-0.4, -0.2) is 107 Å².